The van der Waals surface area contributed by atoms with Crippen molar-refractivity contribution in [3.8, 4) is 5.75 Å². The molecule has 0 saturated carbocycles. The maximum atomic E-state index is 6.14. The molecule has 7 rings (SSSR count). The first-order valence-corrected chi connectivity index (χ1v) is 13.8. The zero-order chi connectivity index (χ0) is 27.5. The molecule has 0 saturated heterocycles. The number of rotatable bonds is 7. The van der Waals surface area contributed by atoms with Gasteiger partial charge in [0.25, 0.3) is 0 Å². The molecule has 0 fully saturated rings. The Morgan fingerprint density at radius 3 is 2.00 bits per heavy atom. The summed E-state index contributed by atoms with van der Waals surface area (Å²) in [5.74, 6) is 0.914. The van der Waals surface area contributed by atoms with E-state index in [0.29, 0.717) is 6.61 Å². The van der Waals surface area contributed by atoms with Crippen molar-refractivity contribution in [2.24, 2.45) is 0 Å². The molecule has 6 aromatic rings. The minimum atomic E-state index is -0.651. The normalized spacial score (nSPS) is 13.0. The average molecular weight is 533 g/mol. The summed E-state index contributed by atoms with van der Waals surface area (Å²) >= 11 is 0. The molecule has 0 aliphatic carbocycles. The molecular formula is C36H28N4O. The van der Waals surface area contributed by atoms with Crippen LogP contribution in [0.4, 0.5) is 0 Å². The number of fused-ring (bicyclic) bond motifs is 1. The van der Waals surface area contributed by atoms with Crippen LogP contribution in [0, 0.1) is 0 Å². The molecule has 0 unspecified atom stereocenters. The summed E-state index contributed by atoms with van der Waals surface area (Å²) in [4.78, 5) is 5.05. The van der Waals surface area contributed by atoms with Gasteiger partial charge in [-0.05, 0) is 40.5 Å². The van der Waals surface area contributed by atoms with Crippen molar-refractivity contribution >= 4 is 11.6 Å². The minimum absolute atomic E-state index is 0.651. The van der Waals surface area contributed by atoms with Crippen molar-refractivity contribution in [3.63, 3.8) is 0 Å². The van der Waals surface area contributed by atoms with Gasteiger partial charge in [0.2, 0.25) is 0 Å². The van der Waals surface area contributed by atoms with Gasteiger partial charge in [0.15, 0.2) is 0 Å². The lowest BCUT2D eigenvalue weighted by molar-refractivity contribution is 0.356. The van der Waals surface area contributed by atoms with Gasteiger partial charge in [0.1, 0.15) is 11.3 Å². The van der Waals surface area contributed by atoms with E-state index in [0.717, 1.165) is 51.4 Å². The number of para-hydroxylation sites is 1. The highest BCUT2D eigenvalue weighted by molar-refractivity contribution is 5.92. The summed E-state index contributed by atoms with van der Waals surface area (Å²) in [7, 11) is 0. The SMILES string of the molecule is C(=C(/c1cn(C(c2ccccc2)(c2ccccc2)c2ccccc2)cn1)c1cccc2c1OCC2)/c1cccnn1. The van der Waals surface area contributed by atoms with E-state index in [2.05, 4.69) is 130 Å². The van der Waals surface area contributed by atoms with Crippen LogP contribution in [0.15, 0.2) is 140 Å². The van der Waals surface area contributed by atoms with Crippen molar-refractivity contribution in [2.45, 2.75) is 12.0 Å². The van der Waals surface area contributed by atoms with E-state index < -0.39 is 5.54 Å². The highest BCUT2D eigenvalue weighted by Crippen LogP contribution is 2.42. The number of nitrogens with zero attached hydrogens (tertiary/aromatic N) is 4. The largest absolute Gasteiger partial charge is 0.492 e. The zero-order valence-electron chi connectivity index (χ0n) is 22.5. The summed E-state index contributed by atoms with van der Waals surface area (Å²) in [6.45, 7) is 0.679. The van der Waals surface area contributed by atoms with Gasteiger partial charge in [-0.2, -0.15) is 10.2 Å². The fourth-order valence-corrected chi connectivity index (χ4v) is 5.89. The van der Waals surface area contributed by atoms with Crippen LogP contribution in [0.2, 0.25) is 0 Å². The molecule has 1 aliphatic rings. The lowest BCUT2D eigenvalue weighted by atomic mass is 9.76. The van der Waals surface area contributed by atoms with E-state index in [1.807, 2.05) is 24.5 Å². The van der Waals surface area contributed by atoms with Crippen molar-refractivity contribution in [1.29, 1.82) is 0 Å². The number of imidazole rings is 1. The van der Waals surface area contributed by atoms with Gasteiger partial charge in [-0.3, -0.25) is 0 Å². The number of hydrogen-bond acceptors (Lipinski definition) is 4. The van der Waals surface area contributed by atoms with Gasteiger partial charge in [0.05, 0.1) is 24.3 Å². The van der Waals surface area contributed by atoms with E-state index >= 15 is 0 Å². The number of ether oxygens (including phenoxy) is 1. The predicted octanol–water partition coefficient (Wildman–Crippen LogP) is 7.04. The van der Waals surface area contributed by atoms with Crippen LogP contribution in [-0.2, 0) is 12.0 Å². The van der Waals surface area contributed by atoms with E-state index in [1.54, 1.807) is 6.20 Å². The monoisotopic (exact) mass is 532 g/mol. The molecule has 0 amide bonds. The fraction of sp³-hybridized carbons (Fsp3) is 0.0833. The Bertz CT molecular complexity index is 1700. The molecule has 41 heavy (non-hydrogen) atoms. The van der Waals surface area contributed by atoms with Crippen LogP contribution >= 0.6 is 0 Å². The predicted molar refractivity (Wildman–Crippen MR) is 161 cm³/mol. The minimum Gasteiger partial charge on any atom is -0.492 e. The lowest BCUT2D eigenvalue weighted by Crippen LogP contribution is -2.36. The molecule has 5 nitrogen and oxygen atoms in total. The highest BCUT2D eigenvalue weighted by atomic mass is 16.5. The van der Waals surface area contributed by atoms with E-state index in [9.17, 15) is 0 Å². The second-order valence-electron chi connectivity index (χ2n) is 10.1. The highest BCUT2D eigenvalue weighted by Gasteiger charge is 2.38. The van der Waals surface area contributed by atoms with Crippen LogP contribution in [0.3, 0.4) is 0 Å². The molecule has 3 heterocycles. The molecule has 0 radical (unpaired) electrons. The standard InChI is InChI=1S/C36H28N4O/c1-4-13-28(14-5-1)36(29-15-6-2-7-16-29,30-17-8-3-9-18-30)40-25-34(37-26-40)33(24-31-19-11-22-38-39-31)32-20-10-12-27-21-23-41-35(27)32/h1-20,22,24-26H,21,23H2/b33-24-. The second kappa shape index (κ2) is 10.7. The second-order valence-corrected chi connectivity index (χ2v) is 10.1. The molecular weight excluding hydrogens is 504 g/mol. The summed E-state index contributed by atoms with van der Waals surface area (Å²) in [6.07, 6.45) is 8.71. The summed E-state index contributed by atoms with van der Waals surface area (Å²) in [5.41, 5.74) is 7.51. The average Bonchev–Trinajstić information content (AvgIpc) is 3.73. The van der Waals surface area contributed by atoms with Crippen molar-refractivity contribution in [1.82, 2.24) is 19.7 Å². The van der Waals surface area contributed by atoms with E-state index in [4.69, 9.17) is 9.72 Å². The molecule has 1 aliphatic heterocycles. The topological polar surface area (TPSA) is 52.8 Å². The van der Waals surface area contributed by atoms with Crippen LogP contribution < -0.4 is 4.74 Å². The van der Waals surface area contributed by atoms with Crippen molar-refractivity contribution < 1.29 is 4.74 Å². The first kappa shape index (κ1) is 24.7. The van der Waals surface area contributed by atoms with Crippen molar-refractivity contribution in [2.75, 3.05) is 6.61 Å². The Balaban J connectivity index is 1.48. The Kier molecular flexibility index (Phi) is 6.45. The molecule has 5 heteroatoms. The van der Waals surface area contributed by atoms with Gasteiger partial charge in [-0.15, -0.1) is 0 Å². The lowest BCUT2D eigenvalue weighted by Gasteiger charge is -2.37. The van der Waals surface area contributed by atoms with Crippen LogP contribution in [-0.4, -0.2) is 26.4 Å². The quantitative estimate of drug-likeness (QED) is 0.207. The van der Waals surface area contributed by atoms with Gasteiger partial charge < -0.3 is 9.30 Å². The zero-order valence-corrected chi connectivity index (χ0v) is 22.5. The van der Waals surface area contributed by atoms with Gasteiger partial charge in [-0.1, -0.05) is 109 Å². The molecule has 0 bridgehead atoms. The fourth-order valence-electron chi connectivity index (χ4n) is 5.89. The Morgan fingerprint density at radius 2 is 1.39 bits per heavy atom. The van der Waals surface area contributed by atoms with Gasteiger partial charge >= 0.3 is 0 Å². The number of hydrogen-bond donors (Lipinski definition) is 0. The first-order valence-electron chi connectivity index (χ1n) is 13.8. The van der Waals surface area contributed by atoms with Gasteiger partial charge in [0, 0.05) is 30.0 Å². The summed E-state index contributed by atoms with van der Waals surface area (Å²) in [6, 6.07) is 42.0. The third-order valence-electron chi connectivity index (χ3n) is 7.71. The third-order valence-corrected chi connectivity index (χ3v) is 7.71. The molecule has 0 N–H and O–H groups in total. The van der Waals surface area contributed by atoms with Crippen LogP contribution in [0.25, 0.3) is 11.6 Å². The van der Waals surface area contributed by atoms with Crippen LogP contribution in [0.5, 0.6) is 5.75 Å². The molecule has 198 valence electrons. The number of benzene rings is 4. The van der Waals surface area contributed by atoms with Crippen molar-refractivity contribution in [3.05, 3.63) is 179 Å². The maximum absolute atomic E-state index is 6.14. The van der Waals surface area contributed by atoms with E-state index in [-0.39, 0.29) is 0 Å². The Hall–Kier alpha value is -5.29. The molecule has 0 atom stereocenters. The Labute approximate surface area is 239 Å². The van der Waals surface area contributed by atoms with Gasteiger partial charge in [-0.25, -0.2) is 4.98 Å². The summed E-state index contributed by atoms with van der Waals surface area (Å²) in [5, 5.41) is 8.47. The third kappa shape index (κ3) is 4.42. The molecule has 0 spiro atoms. The maximum Gasteiger partial charge on any atom is 0.130 e. The van der Waals surface area contributed by atoms with Crippen LogP contribution in [0.1, 0.15) is 39.2 Å². The summed E-state index contributed by atoms with van der Waals surface area (Å²) < 4.78 is 8.37. The number of aromatic nitrogens is 4. The molecule has 2 aromatic heterocycles. The smallest absolute Gasteiger partial charge is 0.130 e. The Morgan fingerprint density at radius 1 is 0.732 bits per heavy atom. The molecule has 4 aromatic carbocycles. The van der Waals surface area contributed by atoms with E-state index in [1.165, 1.54) is 5.56 Å². The first-order chi connectivity index (χ1) is 20.3.